The molecule has 1 N–H and O–H groups in total. The van der Waals surface area contributed by atoms with Crippen LogP contribution in [0.15, 0.2) is 33.9 Å². The van der Waals surface area contributed by atoms with Gasteiger partial charge in [-0.05, 0) is 22.9 Å². The van der Waals surface area contributed by atoms with E-state index in [4.69, 9.17) is 0 Å². The maximum atomic E-state index is 12.3. The number of hydrogen-bond acceptors (Lipinski definition) is 5. The molecule has 0 atom stereocenters. The Labute approximate surface area is 125 Å². The summed E-state index contributed by atoms with van der Waals surface area (Å²) >= 11 is 2.61. The zero-order valence-electron chi connectivity index (χ0n) is 11.0. The second-order valence-electron chi connectivity index (χ2n) is 4.22. The molecule has 108 valence electrons. The average molecular weight is 330 g/mol. The van der Waals surface area contributed by atoms with Gasteiger partial charge in [0.05, 0.1) is 0 Å². The Balaban J connectivity index is 2.22. The summed E-state index contributed by atoms with van der Waals surface area (Å²) in [7, 11) is -0.493. The third kappa shape index (κ3) is 3.26. The van der Waals surface area contributed by atoms with Crippen LogP contribution in [-0.2, 0) is 16.6 Å². The summed E-state index contributed by atoms with van der Waals surface area (Å²) in [6.45, 7) is 0.228. The minimum atomic E-state index is -3.68. The van der Waals surface area contributed by atoms with Crippen LogP contribution < -0.4 is 4.72 Å². The van der Waals surface area contributed by atoms with Gasteiger partial charge in [0.2, 0.25) is 10.0 Å². The number of carbonyl (C=O) groups excluding carboxylic acids is 1. The highest BCUT2D eigenvalue weighted by molar-refractivity contribution is 7.89. The zero-order chi connectivity index (χ0) is 14.8. The van der Waals surface area contributed by atoms with Crippen LogP contribution >= 0.6 is 22.7 Å². The molecule has 0 aliphatic rings. The minimum Gasteiger partial charge on any atom is -0.344 e. The van der Waals surface area contributed by atoms with Crippen LogP contribution in [0.3, 0.4) is 0 Å². The SMILES string of the molecule is CN(C)C(=O)c1sccc1S(=O)(=O)NCc1cccs1. The van der Waals surface area contributed by atoms with Crippen LogP contribution in [-0.4, -0.2) is 33.3 Å². The van der Waals surface area contributed by atoms with Gasteiger partial charge in [0.25, 0.3) is 5.91 Å². The molecule has 5 nitrogen and oxygen atoms in total. The second kappa shape index (κ2) is 6.04. The third-order valence-corrected chi connectivity index (χ3v) is 5.89. The number of carbonyl (C=O) groups is 1. The van der Waals surface area contributed by atoms with Crippen molar-refractivity contribution < 1.29 is 13.2 Å². The van der Waals surface area contributed by atoms with Crippen molar-refractivity contribution in [2.24, 2.45) is 0 Å². The van der Waals surface area contributed by atoms with Gasteiger partial charge < -0.3 is 4.90 Å². The molecule has 2 heterocycles. The summed E-state index contributed by atoms with van der Waals surface area (Å²) < 4.78 is 27.0. The first-order valence-electron chi connectivity index (χ1n) is 5.73. The van der Waals surface area contributed by atoms with Crippen molar-refractivity contribution in [2.45, 2.75) is 11.4 Å². The highest BCUT2D eigenvalue weighted by Gasteiger charge is 2.24. The zero-order valence-corrected chi connectivity index (χ0v) is 13.4. The van der Waals surface area contributed by atoms with Crippen LogP contribution in [0.4, 0.5) is 0 Å². The smallest absolute Gasteiger partial charge is 0.264 e. The fourth-order valence-electron chi connectivity index (χ4n) is 1.53. The average Bonchev–Trinajstić information content (AvgIpc) is 3.06. The van der Waals surface area contributed by atoms with Crippen LogP contribution in [0.1, 0.15) is 14.5 Å². The summed E-state index contributed by atoms with van der Waals surface area (Å²) in [5.74, 6) is -0.309. The molecule has 1 amide bonds. The van der Waals surface area contributed by atoms with Crippen molar-refractivity contribution in [1.29, 1.82) is 0 Å². The summed E-state index contributed by atoms with van der Waals surface area (Å²) in [6.07, 6.45) is 0. The van der Waals surface area contributed by atoms with E-state index in [2.05, 4.69) is 4.72 Å². The van der Waals surface area contributed by atoms with E-state index in [0.717, 1.165) is 16.2 Å². The second-order valence-corrected chi connectivity index (χ2v) is 7.90. The van der Waals surface area contributed by atoms with E-state index >= 15 is 0 Å². The maximum Gasteiger partial charge on any atom is 0.264 e. The van der Waals surface area contributed by atoms with E-state index in [1.165, 1.54) is 22.3 Å². The van der Waals surface area contributed by atoms with Gasteiger partial charge in [0, 0.05) is 25.5 Å². The third-order valence-electron chi connectivity index (χ3n) is 2.54. The predicted octanol–water partition coefficient (Wildman–Crippen LogP) is 1.99. The van der Waals surface area contributed by atoms with Gasteiger partial charge in [0.15, 0.2) is 0 Å². The molecule has 0 radical (unpaired) electrons. The Hall–Kier alpha value is -1.22. The first kappa shape index (κ1) is 15.2. The molecule has 0 aromatic carbocycles. The Morgan fingerprint density at radius 1 is 1.25 bits per heavy atom. The van der Waals surface area contributed by atoms with Crippen molar-refractivity contribution in [3.05, 3.63) is 38.7 Å². The number of thiophene rings is 2. The molecule has 0 aliphatic heterocycles. The molecule has 20 heavy (non-hydrogen) atoms. The standard InChI is InChI=1S/C12H14N2O3S3/c1-14(2)12(15)11-10(5-7-19-11)20(16,17)13-8-9-4-3-6-18-9/h3-7,13H,8H2,1-2H3. The Morgan fingerprint density at radius 2 is 2.00 bits per heavy atom. The van der Waals surface area contributed by atoms with Crippen molar-refractivity contribution >= 4 is 38.6 Å². The Bertz CT molecular complexity index is 687. The highest BCUT2D eigenvalue weighted by Crippen LogP contribution is 2.23. The molecule has 0 saturated carbocycles. The Morgan fingerprint density at radius 3 is 2.60 bits per heavy atom. The summed E-state index contributed by atoms with van der Waals surface area (Å²) in [4.78, 5) is 14.5. The molecule has 2 aromatic heterocycles. The van der Waals surface area contributed by atoms with E-state index in [9.17, 15) is 13.2 Å². The van der Waals surface area contributed by atoms with Gasteiger partial charge in [-0.25, -0.2) is 13.1 Å². The lowest BCUT2D eigenvalue weighted by molar-refractivity contribution is 0.0829. The summed E-state index contributed by atoms with van der Waals surface area (Å²) in [5, 5.41) is 3.49. The summed E-state index contributed by atoms with van der Waals surface area (Å²) in [5.41, 5.74) is 0. The predicted molar refractivity (Wildman–Crippen MR) is 80.7 cm³/mol. The number of hydrogen-bond donors (Lipinski definition) is 1. The van der Waals surface area contributed by atoms with Crippen LogP contribution in [0, 0.1) is 0 Å². The number of rotatable bonds is 5. The molecule has 0 aliphatic carbocycles. The molecule has 0 fully saturated rings. The number of nitrogens with one attached hydrogen (secondary N) is 1. The van der Waals surface area contributed by atoms with Crippen molar-refractivity contribution in [1.82, 2.24) is 9.62 Å². The monoisotopic (exact) mass is 330 g/mol. The van der Waals surface area contributed by atoms with Gasteiger partial charge in [-0.1, -0.05) is 6.07 Å². The van der Waals surface area contributed by atoms with Crippen LogP contribution in [0.25, 0.3) is 0 Å². The van der Waals surface area contributed by atoms with E-state index in [0.29, 0.717) is 0 Å². The Kier molecular flexibility index (Phi) is 4.59. The van der Waals surface area contributed by atoms with Gasteiger partial charge in [0.1, 0.15) is 9.77 Å². The quantitative estimate of drug-likeness (QED) is 0.912. The van der Waals surface area contributed by atoms with Gasteiger partial charge in [-0.15, -0.1) is 22.7 Å². The highest BCUT2D eigenvalue weighted by atomic mass is 32.2. The van der Waals surface area contributed by atoms with Crippen molar-refractivity contribution in [3.8, 4) is 0 Å². The fourth-order valence-corrected chi connectivity index (χ4v) is 4.71. The fraction of sp³-hybridized carbons (Fsp3) is 0.250. The molecule has 2 aromatic rings. The number of sulfonamides is 1. The van der Waals surface area contributed by atoms with Crippen molar-refractivity contribution in [3.63, 3.8) is 0 Å². The van der Waals surface area contributed by atoms with E-state index in [1.807, 2.05) is 17.5 Å². The normalized spacial score (nSPS) is 11.5. The van der Waals surface area contributed by atoms with E-state index in [-0.39, 0.29) is 22.2 Å². The summed E-state index contributed by atoms with van der Waals surface area (Å²) in [6, 6.07) is 5.17. The lowest BCUT2D eigenvalue weighted by atomic mass is 10.4. The van der Waals surface area contributed by atoms with Crippen molar-refractivity contribution in [2.75, 3.05) is 14.1 Å². The largest absolute Gasteiger partial charge is 0.344 e. The lowest BCUT2D eigenvalue weighted by Gasteiger charge is -2.11. The van der Waals surface area contributed by atoms with Crippen LogP contribution in [0.2, 0.25) is 0 Å². The molecular weight excluding hydrogens is 316 g/mol. The van der Waals surface area contributed by atoms with Gasteiger partial charge in [-0.3, -0.25) is 4.79 Å². The minimum absolute atomic E-state index is 0.0396. The van der Waals surface area contributed by atoms with E-state index < -0.39 is 10.0 Å². The van der Waals surface area contributed by atoms with Crippen LogP contribution in [0.5, 0.6) is 0 Å². The molecule has 8 heteroatoms. The first-order valence-corrected chi connectivity index (χ1v) is 8.97. The molecule has 0 bridgehead atoms. The molecule has 0 saturated heterocycles. The maximum absolute atomic E-state index is 12.3. The van der Waals surface area contributed by atoms with Gasteiger partial charge >= 0.3 is 0 Å². The lowest BCUT2D eigenvalue weighted by Crippen LogP contribution is -2.27. The first-order chi connectivity index (χ1) is 9.42. The molecule has 0 spiro atoms. The van der Waals surface area contributed by atoms with E-state index in [1.54, 1.807) is 19.5 Å². The topological polar surface area (TPSA) is 66.5 Å². The number of amides is 1. The molecular formula is C12H14N2O3S3. The number of nitrogens with zero attached hydrogens (tertiary/aromatic N) is 1. The van der Waals surface area contributed by atoms with Gasteiger partial charge in [-0.2, -0.15) is 0 Å². The molecule has 0 unspecified atom stereocenters. The molecule has 2 rings (SSSR count).